The molecule has 8 rings (SSSR count). The van der Waals surface area contributed by atoms with Gasteiger partial charge in [-0.25, -0.2) is 9.97 Å². The summed E-state index contributed by atoms with van der Waals surface area (Å²) >= 11 is 0. The maximum atomic E-state index is 5.39. The van der Waals surface area contributed by atoms with Crippen LogP contribution >= 0.6 is 0 Å². The molecular formula is C37H27N3. The first-order valence-electron chi connectivity index (χ1n) is 13.8. The van der Waals surface area contributed by atoms with Crippen LogP contribution in [-0.2, 0) is 0 Å². The summed E-state index contributed by atoms with van der Waals surface area (Å²) in [5.74, 6) is 0.696. The molecule has 0 amide bonds. The first-order valence-corrected chi connectivity index (χ1v) is 13.8. The van der Waals surface area contributed by atoms with Gasteiger partial charge in [0.25, 0.3) is 0 Å². The Morgan fingerprint density at radius 3 is 1.85 bits per heavy atom. The summed E-state index contributed by atoms with van der Waals surface area (Å²) in [6.07, 6.45) is 4.58. The van der Waals surface area contributed by atoms with E-state index in [1.807, 2.05) is 0 Å². The summed E-state index contributed by atoms with van der Waals surface area (Å²) in [6, 6.07) is 40.8. The average molecular weight is 514 g/mol. The third-order valence-electron chi connectivity index (χ3n) is 8.03. The van der Waals surface area contributed by atoms with Crippen molar-refractivity contribution < 1.29 is 0 Å². The third-order valence-corrected chi connectivity index (χ3v) is 8.03. The van der Waals surface area contributed by atoms with E-state index in [2.05, 4.69) is 146 Å². The molecule has 2 heterocycles. The minimum Gasteiger partial charge on any atom is -0.278 e. The molecule has 0 aliphatic heterocycles. The standard InChI is InChI=1S/C37H27N3/c1-37(2)22-31-32(23-37)38-36(40-33-20-9-7-16-28(33)29-17-8-10-21-34(29)40)39-35(31)30-18-6-5-15-27(30)26-19-11-13-24-12-3-4-14-25(24)26/h3-23H,1-2H3. The van der Waals surface area contributed by atoms with Crippen molar-refractivity contribution in [3.05, 3.63) is 126 Å². The fourth-order valence-corrected chi connectivity index (χ4v) is 6.32. The van der Waals surface area contributed by atoms with Gasteiger partial charge in [0.05, 0.1) is 22.1 Å². The molecule has 0 bridgehead atoms. The summed E-state index contributed by atoms with van der Waals surface area (Å²) in [7, 11) is 0. The Balaban J connectivity index is 1.47. The predicted molar refractivity (Wildman–Crippen MR) is 167 cm³/mol. The van der Waals surface area contributed by atoms with Crippen molar-refractivity contribution in [1.29, 1.82) is 0 Å². The van der Waals surface area contributed by atoms with Crippen molar-refractivity contribution in [3.8, 4) is 28.3 Å². The molecule has 0 unspecified atom stereocenters. The van der Waals surface area contributed by atoms with Gasteiger partial charge in [-0.1, -0.05) is 123 Å². The Bertz CT molecular complexity index is 2190. The predicted octanol–water partition coefficient (Wildman–Crippen LogP) is 7.66. The van der Waals surface area contributed by atoms with E-state index in [0.29, 0.717) is 5.95 Å². The van der Waals surface area contributed by atoms with Crippen LogP contribution in [0.4, 0.5) is 0 Å². The van der Waals surface area contributed by atoms with Crippen molar-refractivity contribution in [3.63, 3.8) is 0 Å². The fourth-order valence-electron chi connectivity index (χ4n) is 6.32. The number of fused-ring (bicyclic) bond motifs is 5. The minimum absolute atomic E-state index is 0.112. The second-order valence-electron chi connectivity index (χ2n) is 11.2. The molecule has 0 N–H and O–H groups in total. The summed E-state index contributed by atoms with van der Waals surface area (Å²) in [4.78, 5) is 10.6. The summed E-state index contributed by atoms with van der Waals surface area (Å²) < 4.78 is 2.22. The van der Waals surface area contributed by atoms with Crippen molar-refractivity contribution in [2.45, 2.75) is 13.8 Å². The molecule has 40 heavy (non-hydrogen) atoms. The van der Waals surface area contributed by atoms with Gasteiger partial charge in [0, 0.05) is 27.0 Å². The van der Waals surface area contributed by atoms with E-state index in [-0.39, 0.29) is 5.41 Å². The highest BCUT2D eigenvalue weighted by Gasteiger charge is 2.23. The molecule has 190 valence electrons. The highest BCUT2D eigenvalue weighted by molar-refractivity contribution is 6.09. The Hall–Kier alpha value is -5.02. The second-order valence-corrected chi connectivity index (χ2v) is 11.2. The van der Waals surface area contributed by atoms with Crippen molar-refractivity contribution in [2.75, 3.05) is 0 Å². The van der Waals surface area contributed by atoms with Gasteiger partial charge in [0.2, 0.25) is 5.95 Å². The summed E-state index contributed by atoms with van der Waals surface area (Å²) in [6.45, 7) is 4.46. The van der Waals surface area contributed by atoms with Crippen LogP contribution in [0.3, 0.4) is 0 Å². The van der Waals surface area contributed by atoms with E-state index in [4.69, 9.17) is 9.97 Å². The van der Waals surface area contributed by atoms with Crippen LogP contribution in [0.25, 0.3) is 73.1 Å². The lowest BCUT2D eigenvalue weighted by molar-refractivity contribution is 0.723. The van der Waals surface area contributed by atoms with Crippen LogP contribution in [0.15, 0.2) is 115 Å². The lowest BCUT2D eigenvalue weighted by Crippen LogP contribution is -2.31. The van der Waals surface area contributed by atoms with Gasteiger partial charge in [0.15, 0.2) is 0 Å². The van der Waals surface area contributed by atoms with Crippen LogP contribution in [0.2, 0.25) is 0 Å². The first kappa shape index (κ1) is 22.9. The highest BCUT2D eigenvalue weighted by atomic mass is 15.2. The summed E-state index contributed by atoms with van der Waals surface area (Å²) in [5.41, 5.74) is 6.57. The smallest absolute Gasteiger partial charge is 0.235 e. The highest BCUT2D eigenvalue weighted by Crippen LogP contribution is 2.36. The molecule has 3 nitrogen and oxygen atoms in total. The molecule has 1 aliphatic rings. The first-order chi connectivity index (χ1) is 19.6. The number of aromatic nitrogens is 3. The average Bonchev–Trinajstić information content (AvgIpc) is 3.49. The van der Waals surface area contributed by atoms with Crippen molar-refractivity contribution in [1.82, 2.24) is 14.5 Å². The van der Waals surface area contributed by atoms with E-state index in [1.165, 1.54) is 32.7 Å². The maximum Gasteiger partial charge on any atom is 0.235 e. The quantitative estimate of drug-likeness (QED) is 0.243. The number of hydrogen-bond donors (Lipinski definition) is 0. The van der Waals surface area contributed by atoms with E-state index < -0.39 is 0 Å². The SMILES string of the molecule is CC1(C)C=c2nc(-n3c4ccccc4c4ccccc43)nc(-c3ccccc3-c3cccc4ccccc34)c2=C1. The zero-order valence-electron chi connectivity index (χ0n) is 22.5. The van der Waals surface area contributed by atoms with Gasteiger partial charge in [-0.3, -0.25) is 4.57 Å². The van der Waals surface area contributed by atoms with Crippen LogP contribution in [0.1, 0.15) is 13.8 Å². The summed E-state index contributed by atoms with van der Waals surface area (Å²) in [5, 5.41) is 6.96. The number of hydrogen-bond acceptors (Lipinski definition) is 2. The molecule has 1 aliphatic carbocycles. The van der Waals surface area contributed by atoms with Crippen molar-refractivity contribution in [2.24, 2.45) is 5.41 Å². The molecule has 3 heteroatoms. The molecule has 0 atom stereocenters. The van der Waals surface area contributed by atoms with Gasteiger partial charge in [0.1, 0.15) is 0 Å². The zero-order chi connectivity index (χ0) is 26.8. The van der Waals surface area contributed by atoms with Gasteiger partial charge >= 0.3 is 0 Å². The van der Waals surface area contributed by atoms with Gasteiger partial charge < -0.3 is 0 Å². The van der Waals surface area contributed by atoms with E-state index in [1.54, 1.807) is 0 Å². The molecule has 0 radical (unpaired) electrons. The van der Waals surface area contributed by atoms with Crippen LogP contribution < -0.4 is 10.6 Å². The lowest BCUT2D eigenvalue weighted by Gasteiger charge is -2.14. The van der Waals surface area contributed by atoms with Gasteiger partial charge in [-0.2, -0.15) is 0 Å². The van der Waals surface area contributed by atoms with E-state index in [9.17, 15) is 0 Å². The number of para-hydroxylation sites is 2. The van der Waals surface area contributed by atoms with Crippen molar-refractivity contribution >= 4 is 44.7 Å². The third kappa shape index (κ3) is 3.44. The number of nitrogens with zero attached hydrogens (tertiary/aromatic N) is 3. The van der Waals surface area contributed by atoms with Crippen LogP contribution in [0.5, 0.6) is 0 Å². The number of benzene rings is 5. The molecule has 0 saturated heterocycles. The molecule has 0 spiro atoms. The normalized spacial score (nSPS) is 13.8. The van der Waals surface area contributed by atoms with Gasteiger partial charge in [-0.05, 0) is 40.1 Å². The molecule has 5 aromatic carbocycles. The van der Waals surface area contributed by atoms with E-state index in [0.717, 1.165) is 32.9 Å². The molecule has 0 saturated carbocycles. The maximum absolute atomic E-state index is 5.39. The Morgan fingerprint density at radius 1 is 0.525 bits per heavy atom. The minimum atomic E-state index is -0.112. The Morgan fingerprint density at radius 2 is 1.10 bits per heavy atom. The molecule has 2 aromatic heterocycles. The molecular weight excluding hydrogens is 486 g/mol. The lowest BCUT2D eigenvalue weighted by atomic mass is 9.92. The topological polar surface area (TPSA) is 30.7 Å². The Labute approximate surface area is 232 Å². The van der Waals surface area contributed by atoms with Gasteiger partial charge in [-0.15, -0.1) is 0 Å². The molecule has 7 aromatic rings. The van der Waals surface area contributed by atoms with Crippen LogP contribution in [0, 0.1) is 5.41 Å². The van der Waals surface area contributed by atoms with Crippen LogP contribution in [-0.4, -0.2) is 14.5 Å². The second kappa shape index (κ2) is 8.49. The van der Waals surface area contributed by atoms with E-state index >= 15 is 0 Å². The molecule has 0 fully saturated rings. The zero-order valence-corrected chi connectivity index (χ0v) is 22.5. The monoisotopic (exact) mass is 513 g/mol. The fraction of sp³-hybridized carbons (Fsp3) is 0.0811. The Kier molecular flexibility index (Phi) is 4.86. The number of rotatable bonds is 3. The largest absolute Gasteiger partial charge is 0.278 e.